The minimum Gasteiger partial charge on any atom is -0.329 e. The van der Waals surface area contributed by atoms with Gasteiger partial charge in [-0.1, -0.05) is 6.92 Å². The third-order valence-electron chi connectivity index (χ3n) is 4.01. The van der Waals surface area contributed by atoms with Gasteiger partial charge in [0.05, 0.1) is 0 Å². The Morgan fingerprint density at radius 1 is 1.38 bits per heavy atom. The van der Waals surface area contributed by atoms with E-state index in [0.717, 1.165) is 18.6 Å². The average molecular weight is 182 g/mol. The summed E-state index contributed by atoms with van der Waals surface area (Å²) < 4.78 is 0. The van der Waals surface area contributed by atoms with Crippen LogP contribution < -0.4 is 5.73 Å². The maximum absolute atomic E-state index is 5.89. The lowest BCUT2D eigenvalue weighted by atomic mass is 10.1. The summed E-state index contributed by atoms with van der Waals surface area (Å²) >= 11 is 0. The van der Waals surface area contributed by atoms with Crippen LogP contribution in [0.25, 0.3) is 0 Å². The molecule has 1 saturated carbocycles. The van der Waals surface area contributed by atoms with Crippen molar-refractivity contribution in [2.24, 2.45) is 5.73 Å². The SMILES string of the molecule is CCC1CCC(C)N1C1(CN)CC1. The van der Waals surface area contributed by atoms with E-state index in [1.807, 2.05) is 0 Å². The Hall–Kier alpha value is -0.0800. The Morgan fingerprint density at radius 3 is 2.54 bits per heavy atom. The van der Waals surface area contributed by atoms with Gasteiger partial charge in [-0.2, -0.15) is 0 Å². The van der Waals surface area contributed by atoms with Crippen molar-refractivity contribution in [1.29, 1.82) is 0 Å². The van der Waals surface area contributed by atoms with Crippen LogP contribution in [-0.2, 0) is 0 Å². The molecule has 1 aliphatic carbocycles. The van der Waals surface area contributed by atoms with Gasteiger partial charge in [-0.25, -0.2) is 0 Å². The highest BCUT2D eigenvalue weighted by atomic mass is 15.3. The molecule has 0 spiro atoms. The Kier molecular flexibility index (Phi) is 2.37. The van der Waals surface area contributed by atoms with Gasteiger partial charge < -0.3 is 5.73 Å². The lowest BCUT2D eigenvalue weighted by Gasteiger charge is -2.35. The van der Waals surface area contributed by atoms with Crippen molar-refractivity contribution in [3.63, 3.8) is 0 Å². The molecule has 2 N–H and O–H groups in total. The maximum atomic E-state index is 5.89. The molecule has 13 heavy (non-hydrogen) atoms. The maximum Gasteiger partial charge on any atom is 0.0338 e. The topological polar surface area (TPSA) is 29.3 Å². The predicted octanol–water partition coefficient (Wildman–Crippen LogP) is 1.74. The Morgan fingerprint density at radius 2 is 2.08 bits per heavy atom. The van der Waals surface area contributed by atoms with Gasteiger partial charge >= 0.3 is 0 Å². The Bertz CT molecular complexity index is 187. The third kappa shape index (κ3) is 1.40. The highest BCUT2D eigenvalue weighted by Crippen LogP contribution is 2.47. The average Bonchev–Trinajstić information content (AvgIpc) is 2.85. The minimum absolute atomic E-state index is 0.427. The second-order valence-electron chi connectivity index (χ2n) is 4.82. The summed E-state index contributed by atoms with van der Waals surface area (Å²) in [5, 5.41) is 0. The standard InChI is InChI=1S/C11H22N2/c1-3-10-5-4-9(2)13(10)11(8-12)6-7-11/h9-10H,3-8,12H2,1-2H3. The van der Waals surface area contributed by atoms with Gasteiger partial charge in [0, 0.05) is 24.2 Å². The number of nitrogens with two attached hydrogens (primary N) is 1. The van der Waals surface area contributed by atoms with Gasteiger partial charge in [-0.3, -0.25) is 4.90 Å². The van der Waals surface area contributed by atoms with Crippen molar-refractivity contribution in [3.8, 4) is 0 Å². The molecular formula is C11H22N2. The molecule has 0 aromatic carbocycles. The van der Waals surface area contributed by atoms with Crippen LogP contribution in [-0.4, -0.2) is 29.1 Å². The molecule has 2 heteroatoms. The fourth-order valence-electron chi connectivity index (χ4n) is 3.04. The van der Waals surface area contributed by atoms with Gasteiger partial charge in [0.1, 0.15) is 0 Å². The van der Waals surface area contributed by atoms with Crippen LogP contribution in [0, 0.1) is 0 Å². The van der Waals surface area contributed by atoms with Crippen LogP contribution in [0.2, 0.25) is 0 Å². The predicted molar refractivity (Wildman–Crippen MR) is 55.6 cm³/mol. The highest BCUT2D eigenvalue weighted by Gasteiger charge is 2.52. The van der Waals surface area contributed by atoms with Crippen LogP contribution in [0.1, 0.15) is 46.0 Å². The largest absolute Gasteiger partial charge is 0.329 e. The van der Waals surface area contributed by atoms with E-state index in [9.17, 15) is 0 Å². The summed E-state index contributed by atoms with van der Waals surface area (Å²) in [6.07, 6.45) is 6.74. The fraction of sp³-hybridized carbons (Fsp3) is 1.00. The van der Waals surface area contributed by atoms with Gasteiger partial charge in [0.25, 0.3) is 0 Å². The highest BCUT2D eigenvalue weighted by molar-refractivity contribution is 5.09. The first-order valence-corrected chi connectivity index (χ1v) is 5.72. The fourth-order valence-corrected chi connectivity index (χ4v) is 3.04. The van der Waals surface area contributed by atoms with Crippen molar-refractivity contribution in [1.82, 2.24) is 4.90 Å². The van der Waals surface area contributed by atoms with Crippen LogP contribution in [0.4, 0.5) is 0 Å². The molecule has 0 aromatic heterocycles. The zero-order valence-corrected chi connectivity index (χ0v) is 8.92. The lowest BCUT2D eigenvalue weighted by molar-refractivity contribution is 0.120. The quantitative estimate of drug-likeness (QED) is 0.720. The molecule has 76 valence electrons. The van der Waals surface area contributed by atoms with E-state index in [1.54, 1.807) is 0 Å². The molecule has 2 atom stereocenters. The number of hydrogen-bond donors (Lipinski definition) is 1. The van der Waals surface area contributed by atoms with Crippen molar-refractivity contribution >= 4 is 0 Å². The smallest absolute Gasteiger partial charge is 0.0338 e. The number of likely N-dealkylation sites (tertiary alicyclic amines) is 1. The van der Waals surface area contributed by atoms with Crippen molar-refractivity contribution < 1.29 is 0 Å². The molecule has 2 rings (SSSR count). The molecule has 2 fully saturated rings. The second kappa shape index (κ2) is 3.25. The van der Waals surface area contributed by atoms with E-state index < -0.39 is 0 Å². The minimum atomic E-state index is 0.427. The van der Waals surface area contributed by atoms with E-state index in [2.05, 4.69) is 18.7 Å². The summed E-state index contributed by atoms with van der Waals surface area (Å²) in [5.41, 5.74) is 6.31. The zero-order valence-electron chi connectivity index (χ0n) is 8.92. The summed E-state index contributed by atoms with van der Waals surface area (Å²) in [7, 11) is 0. The molecule has 0 aromatic rings. The summed E-state index contributed by atoms with van der Waals surface area (Å²) in [6, 6.07) is 1.59. The van der Waals surface area contributed by atoms with Crippen LogP contribution in [0.5, 0.6) is 0 Å². The van der Waals surface area contributed by atoms with Crippen LogP contribution in [0.15, 0.2) is 0 Å². The van der Waals surface area contributed by atoms with E-state index in [-0.39, 0.29) is 0 Å². The molecule has 1 heterocycles. The third-order valence-corrected chi connectivity index (χ3v) is 4.01. The first-order valence-electron chi connectivity index (χ1n) is 5.72. The van der Waals surface area contributed by atoms with Crippen LogP contribution in [0.3, 0.4) is 0 Å². The molecule has 1 aliphatic heterocycles. The van der Waals surface area contributed by atoms with Gasteiger partial charge in [-0.15, -0.1) is 0 Å². The zero-order chi connectivity index (χ0) is 9.47. The normalized spacial score (nSPS) is 38.1. The van der Waals surface area contributed by atoms with E-state index in [0.29, 0.717) is 5.54 Å². The van der Waals surface area contributed by atoms with Crippen molar-refractivity contribution in [2.75, 3.05) is 6.54 Å². The Balaban J connectivity index is 2.10. The van der Waals surface area contributed by atoms with Gasteiger partial charge in [0.15, 0.2) is 0 Å². The number of hydrogen-bond acceptors (Lipinski definition) is 2. The molecule has 2 unspecified atom stereocenters. The number of nitrogens with zero attached hydrogens (tertiary/aromatic N) is 1. The lowest BCUT2D eigenvalue weighted by Crippen LogP contribution is -2.48. The van der Waals surface area contributed by atoms with Gasteiger partial charge in [-0.05, 0) is 39.0 Å². The summed E-state index contributed by atoms with van der Waals surface area (Å²) in [6.45, 7) is 5.54. The molecule has 0 amide bonds. The first-order chi connectivity index (χ1) is 6.23. The first kappa shape index (κ1) is 9.47. The molecule has 2 nitrogen and oxygen atoms in total. The molecular weight excluding hydrogens is 160 g/mol. The van der Waals surface area contributed by atoms with E-state index in [4.69, 9.17) is 5.73 Å². The summed E-state index contributed by atoms with van der Waals surface area (Å²) in [5.74, 6) is 0. The molecule has 0 radical (unpaired) electrons. The monoisotopic (exact) mass is 182 g/mol. The molecule has 0 bridgehead atoms. The van der Waals surface area contributed by atoms with Gasteiger partial charge in [0.2, 0.25) is 0 Å². The van der Waals surface area contributed by atoms with Crippen LogP contribution >= 0.6 is 0 Å². The van der Waals surface area contributed by atoms with E-state index in [1.165, 1.54) is 32.1 Å². The van der Waals surface area contributed by atoms with E-state index >= 15 is 0 Å². The van der Waals surface area contributed by atoms with Crippen molar-refractivity contribution in [3.05, 3.63) is 0 Å². The second-order valence-corrected chi connectivity index (χ2v) is 4.82. The Labute approximate surface area is 81.5 Å². The molecule has 2 aliphatic rings. The number of rotatable bonds is 3. The summed E-state index contributed by atoms with van der Waals surface area (Å²) in [4.78, 5) is 2.73. The van der Waals surface area contributed by atoms with Crippen molar-refractivity contribution in [2.45, 2.75) is 63.6 Å². The molecule has 1 saturated heterocycles.